The number of imide groups is 1. The van der Waals surface area contributed by atoms with Gasteiger partial charge in [-0.1, -0.05) is 91.0 Å². The predicted octanol–water partition coefficient (Wildman–Crippen LogP) is 14.9. The molecule has 0 saturated heterocycles. The Balaban J connectivity index is 0.956. The zero-order chi connectivity index (χ0) is 48.2. The van der Waals surface area contributed by atoms with E-state index in [9.17, 15) is 20.1 Å². The Labute approximate surface area is 411 Å². The largest absolute Gasteiger partial charge is 0.309 e. The van der Waals surface area contributed by atoms with E-state index in [2.05, 4.69) is 171 Å². The molecule has 0 saturated carbocycles. The number of nitrogens with zero attached hydrogens (tertiary/aromatic N) is 6. The average molecular weight is 921 g/mol. The topological polar surface area (TPSA) is 99.8 Å². The van der Waals surface area contributed by atoms with Crippen molar-refractivity contribution in [2.24, 2.45) is 0 Å². The van der Waals surface area contributed by atoms with Crippen molar-refractivity contribution in [1.82, 2.24) is 13.7 Å². The summed E-state index contributed by atoms with van der Waals surface area (Å²) < 4.78 is 6.69. The van der Waals surface area contributed by atoms with Gasteiger partial charge in [0.2, 0.25) is 0 Å². The molecule has 334 valence electrons. The van der Waals surface area contributed by atoms with Crippen molar-refractivity contribution in [2.75, 3.05) is 4.90 Å². The van der Waals surface area contributed by atoms with Gasteiger partial charge in [0.15, 0.2) is 0 Å². The first-order valence-electron chi connectivity index (χ1n) is 23.7. The minimum Gasteiger partial charge on any atom is -0.309 e. The number of aromatic nitrogens is 3. The van der Waals surface area contributed by atoms with Gasteiger partial charge in [0, 0.05) is 43.7 Å². The summed E-state index contributed by atoms with van der Waals surface area (Å²) in [7, 11) is 0. The second kappa shape index (κ2) is 15.6. The molecule has 8 nitrogen and oxygen atoms in total. The Morgan fingerprint density at radius 2 is 0.722 bits per heavy atom. The fraction of sp³-hybridized carbons (Fsp3) is 0. The molecular formula is C64H36N6O2. The predicted molar refractivity (Wildman–Crippen MR) is 287 cm³/mol. The molecule has 0 aliphatic carbocycles. The number of fused-ring (bicyclic) bond motifs is 10. The number of carbonyl (C=O) groups excluding carboxylic acids is 2. The van der Waals surface area contributed by atoms with E-state index in [0.29, 0.717) is 33.6 Å². The van der Waals surface area contributed by atoms with Gasteiger partial charge in [0.25, 0.3) is 11.8 Å². The first kappa shape index (κ1) is 40.8. The van der Waals surface area contributed by atoms with Gasteiger partial charge >= 0.3 is 0 Å². The third-order valence-electron chi connectivity index (χ3n) is 14.4. The van der Waals surface area contributed by atoms with Gasteiger partial charge in [-0.15, -0.1) is 0 Å². The number of carbonyl (C=O) groups is 2. The summed E-state index contributed by atoms with van der Waals surface area (Å²) in [4.78, 5) is 28.4. The molecular weight excluding hydrogens is 885 g/mol. The monoisotopic (exact) mass is 920 g/mol. The van der Waals surface area contributed by atoms with Crippen LogP contribution in [0.1, 0.15) is 31.8 Å². The molecule has 10 aromatic carbocycles. The lowest BCUT2D eigenvalue weighted by Crippen LogP contribution is -2.29. The van der Waals surface area contributed by atoms with E-state index in [4.69, 9.17) is 0 Å². The molecule has 1 aliphatic rings. The Bertz CT molecular complexity index is 4540. The van der Waals surface area contributed by atoms with Gasteiger partial charge in [-0.2, -0.15) is 10.5 Å². The second-order valence-corrected chi connectivity index (χ2v) is 18.3. The van der Waals surface area contributed by atoms with Crippen molar-refractivity contribution in [2.45, 2.75) is 0 Å². The molecule has 0 bridgehead atoms. The maximum Gasteiger partial charge on any atom is 0.266 e. The second-order valence-electron chi connectivity index (χ2n) is 18.3. The van der Waals surface area contributed by atoms with Crippen molar-refractivity contribution >= 4 is 82.9 Å². The van der Waals surface area contributed by atoms with Crippen LogP contribution in [0.4, 0.5) is 5.69 Å². The summed E-state index contributed by atoms with van der Waals surface area (Å²) >= 11 is 0. The zero-order valence-corrected chi connectivity index (χ0v) is 38.3. The lowest BCUT2D eigenvalue weighted by atomic mass is 9.98. The number of hydrogen-bond donors (Lipinski definition) is 0. The van der Waals surface area contributed by atoms with Gasteiger partial charge in [-0.3, -0.25) is 9.59 Å². The normalized spacial score (nSPS) is 12.4. The molecule has 14 rings (SSSR count). The summed E-state index contributed by atoms with van der Waals surface area (Å²) in [5, 5.41) is 26.9. The molecule has 0 radical (unpaired) electrons. The quantitative estimate of drug-likeness (QED) is 0.155. The first-order chi connectivity index (χ1) is 35.4. The van der Waals surface area contributed by atoms with Crippen LogP contribution in [0.3, 0.4) is 0 Å². The molecule has 3 aromatic heterocycles. The number of anilines is 1. The SMILES string of the molecule is N#Cc1ccc(-n2c3ccccc3c3cc(-c4ccc5c(c4)c4cc(-c6ccc7c(c6)c6ccccc6n7-c6ccccc6)ccc4n5-c4ccc(N5C(=O)c6ccccc6C5=O)cc4C#N)ccc32)cc1. The standard InChI is InChI=1S/C64H36N6O2/c65-37-39-18-24-46(25-19-39)68-58-17-9-7-13-49(58)53-34-41(21-28-60(53)68)43-23-30-62-55(36-43)54-35-42(40-20-27-59-52(33-40)48-12-6-8-16-57(48)67(59)45-10-2-1-3-11-45)22-29-61(54)70(62)56-31-26-47(32-44(56)38-66)69-63(71)50-14-4-5-15-51(50)64(69)72/h1-36H. The van der Waals surface area contributed by atoms with Crippen LogP contribution in [0.25, 0.3) is 105 Å². The Morgan fingerprint density at radius 1 is 0.319 bits per heavy atom. The maximum absolute atomic E-state index is 13.6. The Kier molecular flexibility index (Phi) is 8.85. The van der Waals surface area contributed by atoms with E-state index in [-0.39, 0.29) is 0 Å². The highest BCUT2D eigenvalue weighted by Crippen LogP contribution is 2.42. The Morgan fingerprint density at radius 3 is 1.21 bits per heavy atom. The van der Waals surface area contributed by atoms with Crippen molar-refractivity contribution in [3.05, 3.63) is 241 Å². The molecule has 1 aliphatic heterocycles. The minimum atomic E-state index is -0.413. The fourth-order valence-corrected chi connectivity index (χ4v) is 11.1. The maximum atomic E-state index is 13.6. The van der Waals surface area contributed by atoms with E-state index < -0.39 is 11.8 Å². The van der Waals surface area contributed by atoms with E-state index in [1.54, 1.807) is 36.4 Å². The average Bonchev–Trinajstić information content (AvgIpc) is 4.14. The van der Waals surface area contributed by atoms with Crippen LogP contribution in [0, 0.1) is 22.7 Å². The van der Waals surface area contributed by atoms with Crippen molar-refractivity contribution in [3.8, 4) is 51.5 Å². The molecule has 0 atom stereocenters. The number of hydrogen-bond acceptors (Lipinski definition) is 4. The van der Waals surface area contributed by atoms with Gasteiger partial charge in [0.05, 0.1) is 72.8 Å². The number of rotatable bonds is 6. The lowest BCUT2D eigenvalue weighted by molar-refractivity contribution is 0.0926. The van der Waals surface area contributed by atoms with E-state index in [1.165, 1.54) is 5.39 Å². The van der Waals surface area contributed by atoms with Crippen molar-refractivity contribution in [1.29, 1.82) is 10.5 Å². The van der Waals surface area contributed by atoms with Crippen LogP contribution in [0.5, 0.6) is 0 Å². The van der Waals surface area contributed by atoms with Crippen molar-refractivity contribution in [3.63, 3.8) is 0 Å². The highest BCUT2D eigenvalue weighted by molar-refractivity contribution is 6.34. The molecule has 0 fully saturated rings. The molecule has 4 heterocycles. The molecule has 0 spiro atoms. The fourth-order valence-electron chi connectivity index (χ4n) is 11.1. The Hall–Kier alpha value is -10.3. The van der Waals surface area contributed by atoms with Gasteiger partial charge in [-0.25, -0.2) is 4.90 Å². The highest BCUT2D eigenvalue weighted by Gasteiger charge is 2.36. The highest BCUT2D eigenvalue weighted by atomic mass is 16.2. The van der Waals surface area contributed by atoms with Crippen LogP contribution in [0.15, 0.2) is 218 Å². The molecule has 2 amide bonds. The summed E-state index contributed by atoms with van der Waals surface area (Å²) in [5.41, 5.74) is 15.1. The van der Waals surface area contributed by atoms with E-state index in [1.807, 2.05) is 36.4 Å². The number of nitriles is 2. The number of para-hydroxylation sites is 3. The molecule has 0 N–H and O–H groups in total. The zero-order valence-electron chi connectivity index (χ0n) is 38.3. The third-order valence-corrected chi connectivity index (χ3v) is 14.4. The summed E-state index contributed by atoms with van der Waals surface area (Å²) in [6.45, 7) is 0. The summed E-state index contributed by atoms with van der Waals surface area (Å²) in [6.07, 6.45) is 0. The van der Waals surface area contributed by atoms with Gasteiger partial charge < -0.3 is 13.7 Å². The van der Waals surface area contributed by atoms with Crippen LogP contribution < -0.4 is 4.90 Å². The molecule has 72 heavy (non-hydrogen) atoms. The lowest BCUT2D eigenvalue weighted by Gasteiger charge is -2.17. The number of amides is 2. The van der Waals surface area contributed by atoms with Crippen LogP contribution in [0.2, 0.25) is 0 Å². The van der Waals surface area contributed by atoms with E-state index >= 15 is 0 Å². The summed E-state index contributed by atoms with van der Waals surface area (Å²) in [6, 6.07) is 78.1. The number of benzene rings is 10. The molecule has 0 unspecified atom stereocenters. The van der Waals surface area contributed by atoms with Crippen LogP contribution >= 0.6 is 0 Å². The first-order valence-corrected chi connectivity index (χ1v) is 23.7. The smallest absolute Gasteiger partial charge is 0.266 e. The van der Waals surface area contributed by atoms with E-state index in [0.717, 1.165) is 98.6 Å². The van der Waals surface area contributed by atoms with Crippen LogP contribution in [-0.4, -0.2) is 25.5 Å². The summed E-state index contributed by atoms with van der Waals surface area (Å²) in [5.74, 6) is -0.826. The third kappa shape index (κ3) is 5.97. The minimum absolute atomic E-state index is 0.320. The van der Waals surface area contributed by atoms with Gasteiger partial charge in [0.1, 0.15) is 6.07 Å². The molecule has 13 aromatic rings. The van der Waals surface area contributed by atoms with Crippen LogP contribution in [-0.2, 0) is 0 Å². The molecule has 8 heteroatoms. The van der Waals surface area contributed by atoms with Gasteiger partial charge in [-0.05, 0) is 150 Å². The van der Waals surface area contributed by atoms with Crippen molar-refractivity contribution < 1.29 is 9.59 Å².